The number of carbonyl (C=O) groups is 2. The topological polar surface area (TPSA) is 142 Å². The summed E-state index contributed by atoms with van der Waals surface area (Å²) in [7, 11) is 1.46. The maximum Gasteiger partial charge on any atom is 0.249 e. The van der Waals surface area contributed by atoms with Gasteiger partial charge < -0.3 is 14.8 Å². The van der Waals surface area contributed by atoms with Crippen LogP contribution in [0.1, 0.15) is 24.4 Å². The van der Waals surface area contributed by atoms with Gasteiger partial charge >= 0.3 is 0 Å². The van der Waals surface area contributed by atoms with Gasteiger partial charge in [0, 0.05) is 30.5 Å². The van der Waals surface area contributed by atoms with Crippen LogP contribution in [0.3, 0.4) is 0 Å². The minimum atomic E-state index is -1.38. The van der Waals surface area contributed by atoms with Gasteiger partial charge in [-0.25, -0.2) is 9.07 Å². The Morgan fingerprint density at radius 1 is 1.14 bits per heavy atom. The second-order valence-corrected chi connectivity index (χ2v) is 9.91. The van der Waals surface area contributed by atoms with E-state index in [0.717, 1.165) is 12.8 Å². The third-order valence-electron chi connectivity index (χ3n) is 7.25. The lowest BCUT2D eigenvalue weighted by Gasteiger charge is -2.32. The van der Waals surface area contributed by atoms with Crippen LogP contribution in [0.15, 0.2) is 73.1 Å². The van der Waals surface area contributed by atoms with Crippen LogP contribution < -0.4 is 15.0 Å². The lowest BCUT2D eigenvalue weighted by molar-refractivity contribution is -0.127. The Bertz CT molecular complexity index is 1740. The van der Waals surface area contributed by atoms with Gasteiger partial charge in [-0.05, 0) is 53.6 Å². The molecular formula is C29H28FN9O4. The molecule has 13 nitrogen and oxygen atoms in total. The van der Waals surface area contributed by atoms with Gasteiger partial charge in [-0.1, -0.05) is 35.5 Å². The van der Waals surface area contributed by atoms with E-state index >= 15 is 4.39 Å². The van der Waals surface area contributed by atoms with Gasteiger partial charge in [0.25, 0.3) is 0 Å². The number of rotatable bonds is 10. The number of anilines is 1. The predicted octanol–water partition coefficient (Wildman–Crippen LogP) is 2.62. The van der Waals surface area contributed by atoms with Crippen LogP contribution in [0, 0.1) is 5.82 Å². The Morgan fingerprint density at radius 2 is 1.98 bits per heavy atom. The normalized spacial score (nSPS) is 15.3. The van der Waals surface area contributed by atoms with Crippen molar-refractivity contribution in [3.8, 4) is 11.4 Å². The Labute approximate surface area is 245 Å². The summed E-state index contributed by atoms with van der Waals surface area (Å²) in [4.78, 5) is 29.5. The van der Waals surface area contributed by atoms with E-state index in [1.807, 2.05) is 12.1 Å². The van der Waals surface area contributed by atoms with E-state index in [2.05, 4.69) is 31.2 Å². The number of tetrazole rings is 1. The average Bonchev–Trinajstić information content (AvgIpc) is 3.82. The third kappa shape index (κ3) is 5.77. The standard InChI is InChI=1S/C29H28FN9O4/c1-42-26-15-19(12-13-25(26)38-18-32-34-36-38)39(27(40)17-37-24-11-5-4-10-23(24)33-35-37)28(21-8-2-3-9-22(21)30)29(41)31-16-20-7-6-14-43-20/h2-5,8-13,15,18,20,28H,6-7,14,16-17H2,1H3,(H,31,41)/t20-,28+/m1/s1. The second kappa shape index (κ2) is 12.3. The molecule has 1 fully saturated rings. The zero-order valence-electron chi connectivity index (χ0n) is 23.2. The van der Waals surface area contributed by atoms with Crippen molar-refractivity contribution in [3.63, 3.8) is 0 Å². The number of hydrogen-bond acceptors (Lipinski definition) is 9. The van der Waals surface area contributed by atoms with Crippen molar-refractivity contribution in [1.82, 2.24) is 40.5 Å². The zero-order valence-corrected chi connectivity index (χ0v) is 23.2. The van der Waals surface area contributed by atoms with Crippen LogP contribution in [-0.4, -0.2) is 73.4 Å². The van der Waals surface area contributed by atoms with Gasteiger partial charge in [-0.15, -0.1) is 10.2 Å². The molecule has 2 aromatic heterocycles. The summed E-state index contributed by atoms with van der Waals surface area (Å²) < 4.78 is 29.6. The molecular weight excluding hydrogens is 557 g/mol. The SMILES string of the molecule is COc1cc(N(C(=O)Cn2nnc3ccccc32)[C@H](C(=O)NC[C@H]2CCCO2)c2ccccc2F)ccc1-n1cnnn1. The molecule has 1 aliphatic rings. The highest BCUT2D eigenvalue weighted by Crippen LogP contribution is 2.34. The fourth-order valence-electron chi connectivity index (χ4n) is 5.16. The molecule has 1 saturated heterocycles. The van der Waals surface area contributed by atoms with Crippen LogP contribution >= 0.6 is 0 Å². The summed E-state index contributed by atoms with van der Waals surface area (Å²) in [6.07, 6.45) is 2.92. The number of aromatic nitrogens is 7. The molecule has 6 rings (SSSR count). The molecule has 0 unspecified atom stereocenters. The van der Waals surface area contributed by atoms with Crippen LogP contribution in [0.5, 0.6) is 5.75 Å². The number of hydrogen-bond donors (Lipinski definition) is 1. The summed E-state index contributed by atoms with van der Waals surface area (Å²) >= 11 is 0. The quantitative estimate of drug-likeness (QED) is 0.262. The summed E-state index contributed by atoms with van der Waals surface area (Å²) in [5, 5.41) is 22.4. The second-order valence-electron chi connectivity index (χ2n) is 9.91. The number of carbonyl (C=O) groups excluding carboxylic acids is 2. The predicted molar refractivity (Wildman–Crippen MR) is 152 cm³/mol. The Hall–Kier alpha value is -5.24. The van der Waals surface area contributed by atoms with Gasteiger partial charge in [-0.3, -0.25) is 14.5 Å². The number of halogens is 1. The monoisotopic (exact) mass is 585 g/mol. The Morgan fingerprint density at radius 3 is 2.74 bits per heavy atom. The Balaban J connectivity index is 1.45. The highest BCUT2D eigenvalue weighted by molar-refractivity contribution is 6.02. The molecule has 43 heavy (non-hydrogen) atoms. The molecule has 14 heteroatoms. The first-order valence-electron chi connectivity index (χ1n) is 13.7. The number of methoxy groups -OCH3 is 1. The van der Waals surface area contributed by atoms with Crippen molar-refractivity contribution in [2.75, 3.05) is 25.2 Å². The number of nitrogens with zero attached hydrogens (tertiary/aromatic N) is 8. The fraction of sp³-hybridized carbons (Fsp3) is 0.276. The summed E-state index contributed by atoms with van der Waals surface area (Å²) in [6, 6.07) is 16.6. The molecule has 0 radical (unpaired) electrons. The van der Waals surface area contributed by atoms with Crippen LogP contribution in [0.4, 0.5) is 10.1 Å². The first kappa shape index (κ1) is 27.9. The van der Waals surface area contributed by atoms with Gasteiger partial charge in [0.15, 0.2) is 0 Å². The Kier molecular flexibility index (Phi) is 8.00. The number of fused-ring (bicyclic) bond motifs is 1. The first-order valence-corrected chi connectivity index (χ1v) is 13.7. The average molecular weight is 586 g/mol. The lowest BCUT2D eigenvalue weighted by atomic mass is 10.0. The highest BCUT2D eigenvalue weighted by atomic mass is 19.1. The molecule has 3 aromatic carbocycles. The summed E-state index contributed by atoms with van der Waals surface area (Å²) in [5.41, 5.74) is 2.04. The van der Waals surface area contributed by atoms with Crippen molar-refractivity contribution in [1.29, 1.82) is 0 Å². The molecule has 1 N–H and O–H groups in total. The summed E-state index contributed by atoms with van der Waals surface area (Å²) in [6.45, 7) is 0.559. The minimum Gasteiger partial charge on any atom is -0.494 e. The van der Waals surface area contributed by atoms with E-state index in [4.69, 9.17) is 9.47 Å². The van der Waals surface area contributed by atoms with Gasteiger partial charge in [-0.2, -0.15) is 4.68 Å². The molecule has 2 amide bonds. The van der Waals surface area contributed by atoms with Crippen LogP contribution in [0.25, 0.3) is 16.7 Å². The van der Waals surface area contributed by atoms with E-state index in [0.29, 0.717) is 29.1 Å². The highest BCUT2D eigenvalue weighted by Gasteiger charge is 2.36. The minimum absolute atomic E-state index is 0.0210. The zero-order chi connectivity index (χ0) is 29.8. The lowest BCUT2D eigenvalue weighted by Crippen LogP contribution is -2.47. The number of benzene rings is 3. The van der Waals surface area contributed by atoms with Crippen molar-refractivity contribution in [2.24, 2.45) is 0 Å². The largest absolute Gasteiger partial charge is 0.494 e. The van der Waals surface area contributed by atoms with Crippen LogP contribution in [-0.2, 0) is 20.9 Å². The van der Waals surface area contributed by atoms with Crippen molar-refractivity contribution >= 4 is 28.5 Å². The summed E-state index contributed by atoms with van der Waals surface area (Å²) in [5.74, 6) is -1.42. The maximum absolute atomic E-state index is 15.4. The van der Waals surface area contributed by atoms with Crippen molar-refractivity contribution in [2.45, 2.75) is 31.5 Å². The van der Waals surface area contributed by atoms with Gasteiger partial charge in [0.05, 0.1) is 18.7 Å². The number of ether oxygens (including phenoxy) is 2. The van der Waals surface area contributed by atoms with Crippen molar-refractivity contribution in [3.05, 3.63) is 84.4 Å². The third-order valence-corrected chi connectivity index (χ3v) is 7.25. The molecule has 0 spiro atoms. The van der Waals surface area contributed by atoms with Gasteiger partial charge in [0.1, 0.15) is 41.7 Å². The molecule has 2 atom stereocenters. The van der Waals surface area contributed by atoms with Gasteiger partial charge in [0.2, 0.25) is 11.8 Å². The van der Waals surface area contributed by atoms with Crippen molar-refractivity contribution < 1.29 is 23.5 Å². The number of amides is 2. The fourth-order valence-corrected chi connectivity index (χ4v) is 5.16. The molecule has 1 aliphatic heterocycles. The van der Waals surface area contributed by atoms with E-state index in [1.54, 1.807) is 36.4 Å². The van der Waals surface area contributed by atoms with Crippen LogP contribution in [0.2, 0.25) is 0 Å². The first-order chi connectivity index (χ1) is 21.0. The van der Waals surface area contributed by atoms with E-state index in [-0.39, 0.29) is 30.4 Å². The molecule has 220 valence electrons. The molecule has 0 saturated carbocycles. The smallest absolute Gasteiger partial charge is 0.249 e. The maximum atomic E-state index is 15.4. The molecule has 0 bridgehead atoms. The van der Waals surface area contributed by atoms with E-state index in [9.17, 15) is 9.59 Å². The van der Waals surface area contributed by atoms with E-state index < -0.39 is 23.7 Å². The number of nitrogens with one attached hydrogen (secondary N) is 1. The van der Waals surface area contributed by atoms with E-state index in [1.165, 1.54) is 45.9 Å². The molecule has 5 aromatic rings. The number of para-hydroxylation sites is 1. The molecule has 3 heterocycles. The molecule has 0 aliphatic carbocycles.